The molecule has 0 fully saturated rings. The number of non-ortho nitro benzene ring substituents is 1. The molecule has 6 heteroatoms. The summed E-state index contributed by atoms with van der Waals surface area (Å²) in [5.74, 6) is 0. The first-order valence-corrected chi connectivity index (χ1v) is 5.91. The second kappa shape index (κ2) is 4.60. The van der Waals surface area contributed by atoms with Crippen molar-refractivity contribution < 1.29 is 4.92 Å². The highest BCUT2D eigenvalue weighted by molar-refractivity contribution is 7.10. The molecule has 0 aliphatic rings. The van der Waals surface area contributed by atoms with E-state index in [-0.39, 0.29) is 11.7 Å². The first kappa shape index (κ1) is 11.7. The molecule has 0 aliphatic heterocycles. The van der Waals surface area contributed by atoms with Crippen LogP contribution in [0.15, 0.2) is 29.6 Å². The molecule has 1 aromatic heterocycles. The lowest BCUT2D eigenvalue weighted by molar-refractivity contribution is -0.384. The van der Waals surface area contributed by atoms with E-state index in [9.17, 15) is 10.1 Å². The molecule has 5 nitrogen and oxygen atoms in total. The van der Waals surface area contributed by atoms with Gasteiger partial charge in [0, 0.05) is 23.1 Å². The molecule has 1 heterocycles. The van der Waals surface area contributed by atoms with Gasteiger partial charge in [-0.3, -0.25) is 10.1 Å². The molecular weight excluding hydrogens is 238 g/mol. The van der Waals surface area contributed by atoms with E-state index < -0.39 is 4.92 Å². The minimum Gasteiger partial charge on any atom is -0.322 e. The Morgan fingerprint density at radius 1 is 1.41 bits per heavy atom. The van der Waals surface area contributed by atoms with Gasteiger partial charge in [0.25, 0.3) is 5.69 Å². The zero-order valence-corrected chi connectivity index (χ0v) is 9.98. The number of nitro benzene ring substituents is 1. The van der Waals surface area contributed by atoms with Crippen LogP contribution < -0.4 is 5.73 Å². The molecule has 1 atom stereocenters. The summed E-state index contributed by atoms with van der Waals surface area (Å²) in [6.07, 6.45) is 0. The van der Waals surface area contributed by atoms with Gasteiger partial charge in [-0.25, -0.2) is 4.98 Å². The number of hydrogen-bond donors (Lipinski definition) is 1. The van der Waals surface area contributed by atoms with Crippen LogP contribution in [0.5, 0.6) is 0 Å². The van der Waals surface area contributed by atoms with Gasteiger partial charge in [-0.2, -0.15) is 0 Å². The number of hydrogen-bond acceptors (Lipinski definition) is 5. The number of rotatable bonds is 3. The van der Waals surface area contributed by atoms with Crippen molar-refractivity contribution in [2.24, 2.45) is 5.73 Å². The molecule has 2 rings (SSSR count). The Bertz CT molecular complexity index is 534. The van der Waals surface area contributed by atoms with Crippen molar-refractivity contribution >= 4 is 17.0 Å². The third-order valence-electron chi connectivity index (χ3n) is 2.29. The summed E-state index contributed by atoms with van der Waals surface area (Å²) in [4.78, 5) is 14.5. The standard InChI is InChI=1S/C11H11N3O2S/c1-7(12)11-13-10(6-17-11)8-2-4-9(5-3-8)14(15)16/h2-7H,12H2,1H3. The molecule has 2 aromatic rings. The molecule has 0 radical (unpaired) electrons. The summed E-state index contributed by atoms with van der Waals surface area (Å²) in [6.45, 7) is 1.87. The molecule has 0 saturated heterocycles. The summed E-state index contributed by atoms with van der Waals surface area (Å²) < 4.78 is 0. The topological polar surface area (TPSA) is 82.0 Å². The van der Waals surface area contributed by atoms with Crippen molar-refractivity contribution in [2.75, 3.05) is 0 Å². The number of nitrogens with zero attached hydrogens (tertiary/aromatic N) is 2. The Labute approximate surface area is 102 Å². The second-order valence-corrected chi connectivity index (χ2v) is 4.55. The zero-order valence-electron chi connectivity index (χ0n) is 9.16. The average molecular weight is 249 g/mol. The summed E-state index contributed by atoms with van der Waals surface area (Å²) in [7, 11) is 0. The highest BCUT2D eigenvalue weighted by Crippen LogP contribution is 2.25. The predicted molar refractivity (Wildman–Crippen MR) is 66.8 cm³/mol. The Morgan fingerprint density at radius 2 is 2.06 bits per heavy atom. The van der Waals surface area contributed by atoms with Crippen molar-refractivity contribution in [3.8, 4) is 11.3 Å². The second-order valence-electron chi connectivity index (χ2n) is 3.66. The lowest BCUT2D eigenvalue weighted by atomic mass is 10.1. The van der Waals surface area contributed by atoms with Crippen LogP contribution in [0.25, 0.3) is 11.3 Å². The van der Waals surface area contributed by atoms with E-state index in [0.717, 1.165) is 16.3 Å². The number of nitrogens with two attached hydrogens (primary N) is 1. The van der Waals surface area contributed by atoms with E-state index >= 15 is 0 Å². The number of aromatic nitrogens is 1. The Morgan fingerprint density at radius 3 is 2.53 bits per heavy atom. The van der Waals surface area contributed by atoms with Gasteiger partial charge in [0.1, 0.15) is 5.01 Å². The van der Waals surface area contributed by atoms with Gasteiger partial charge in [0.2, 0.25) is 0 Å². The molecule has 88 valence electrons. The fourth-order valence-electron chi connectivity index (χ4n) is 1.38. The minimum absolute atomic E-state index is 0.0800. The molecule has 2 N–H and O–H groups in total. The summed E-state index contributed by atoms with van der Waals surface area (Å²) >= 11 is 1.49. The fraction of sp³-hybridized carbons (Fsp3) is 0.182. The van der Waals surface area contributed by atoms with Gasteiger partial charge in [-0.1, -0.05) is 0 Å². The van der Waals surface area contributed by atoms with Gasteiger partial charge in [-0.05, 0) is 19.1 Å². The Balaban J connectivity index is 2.30. The van der Waals surface area contributed by atoms with E-state index in [1.165, 1.54) is 23.5 Å². The lowest BCUT2D eigenvalue weighted by Gasteiger charge is -1.98. The van der Waals surface area contributed by atoms with E-state index in [1.54, 1.807) is 12.1 Å². The predicted octanol–water partition coefficient (Wildman–Crippen LogP) is 2.74. The van der Waals surface area contributed by atoms with Crippen LogP contribution in [0.4, 0.5) is 5.69 Å². The van der Waals surface area contributed by atoms with Crippen molar-refractivity contribution in [2.45, 2.75) is 13.0 Å². The Hall–Kier alpha value is -1.79. The van der Waals surface area contributed by atoms with Crippen LogP contribution in [0.2, 0.25) is 0 Å². The third-order valence-corrected chi connectivity index (χ3v) is 3.33. The van der Waals surface area contributed by atoms with E-state index in [4.69, 9.17) is 5.73 Å². The van der Waals surface area contributed by atoms with Gasteiger partial charge in [0.05, 0.1) is 16.7 Å². The maximum Gasteiger partial charge on any atom is 0.269 e. The molecule has 0 spiro atoms. The minimum atomic E-state index is -0.418. The molecule has 17 heavy (non-hydrogen) atoms. The van der Waals surface area contributed by atoms with E-state index in [2.05, 4.69) is 4.98 Å². The van der Waals surface area contributed by atoms with Crippen LogP contribution >= 0.6 is 11.3 Å². The molecule has 1 unspecified atom stereocenters. The number of nitro groups is 1. The monoisotopic (exact) mass is 249 g/mol. The third kappa shape index (κ3) is 2.48. The van der Waals surface area contributed by atoms with Crippen LogP contribution in [0, 0.1) is 10.1 Å². The molecule has 0 saturated carbocycles. The van der Waals surface area contributed by atoms with Gasteiger partial charge < -0.3 is 5.73 Å². The fourth-order valence-corrected chi connectivity index (χ4v) is 2.17. The number of benzene rings is 1. The molecular formula is C11H11N3O2S. The zero-order chi connectivity index (χ0) is 12.4. The van der Waals surface area contributed by atoms with Crippen molar-refractivity contribution in [1.82, 2.24) is 4.98 Å². The smallest absolute Gasteiger partial charge is 0.269 e. The van der Waals surface area contributed by atoms with Gasteiger partial charge in [-0.15, -0.1) is 11.3 Å². The van der Waals surface area contributed by atoms with Crippen LogP contribution in [0.1, 0.15) is 18.0 Å². The summed E-state index contributed by atoms with van der Waals surface area (Å²) in [5, 5.41) is 13.3. The summed E-state index contributed by atoms with van der Waals surface area (Å²) in [6, 6.07) is 6.24. The van der Waals surface area contributed by atoms with Gasteiger partial charge >= 0.3 is 0 Å². The maximum atomic E-state index is 10.5. The highest BCUT2D eigenvalue weighted by Gasteiger charge is 2.09. The van der Waals surface area contributed by atoms with Crippen LogP contribution in [-0.4, -0.2) is 9.91 Å². The maximum absolute atomic E-state index is 10.5. The first-order valence-electron chi connectivity index (χ1n) is 5.04. The highest BCUT2D eigenvalue weighted by atomic mass is 32.1. The van der Waals surface area contributed by atoms with E-state index in [0.29, 0.717) is 0 Å². The number of thiazole rings is 1. The average Bonchev–Trinajstić information content (AvgIpc) is 2.78. The van der Waals surface area contributed by atoms with Crippen molar-refractivity contribution in [1.29, 1.82) is 0 Å². The SMILES string of the molecule is CC(N)c1nc(-c2ccc([N+](=O)[O-])cc2)cs1. The van der Waals surface area contributed by atoms with Crippen LogP contribution in [-0.2, 0) is 0 Å². The molecule has 0 aliphatic carbocycles. The van der Waals surface area contributed by atoms with Crippen molar-refractivity contribution in [3.05, 3.63) is 44.8 Å². The molecule has 0 bridgehead atoms. The van der Waals surface area contributed by atoms with Crippen LogP contribution in [0.3, 0.4) is 0 Å². The van der Waals surface area contributed by atoms with Gasteiger partial charge in [0.15, 0.2) is 0 Å². The molecule has 0 amide bonds. The first-order chi connectivity index (χ1) is 8.08. The Kier molecular flexibility index (Phi) is 3.16. The lowest BCUT2D eigenvalue weighted by Crippen LogP contribution is -2.03. The summed E-state index contributed by atoms with van der Waals surface area (Å²) in [5.41, 5.74) is 7.47. The van der Waals surface area contributed by atoms with E-state index in [1.807, 2.05) is 12.3 Å². The quantitative estimate of drug-likeness (QED) is 0.669. The normalized spacial score (nSPS) is 12.4. The molecule has 1 aromatic carbocycles. The largest absolute Gasteiger partial charge is 0.322 e. The van der Waals surface area contributed by atoms with Crippen molar-refractivity contribution in [3.63, 3.8) is 0 Å².